The smallest absolute Gasteiger partial charge is 0.159 e. The number of benzene rings is 2. The largest absolute Gasteiger partial charge is 0.508 e. The minimum Gasteiger partial charge on any atom is -0.508 e. The van der Waals surface area contributed by atoms with Crippen LogP contribution in [0.3, 0.4) is 0 Å². The minimum atomic E-state index is 0.0280. The van der Waals surface area contributed by atoms with Gasteiger partial charge in [-0.15, -0.1) is 0 Å². The quantitative estimate of drug-likeness (QED) is 0.879. The molecule has 3 nitrogen and oxygen atoms in total. The molecular formula is C18H19NO2. The fourth-order valence-corrected chi connectivity index (χ4v) is 2.86. The molecule has 0 saturated heterocycles. The molecule has 21 heavy (non-hydrogen) atoms. The van der Waals surface area contributed by atoms with Crippen LogP contribution in [-0.2, 0) is 19.5 Å². The van der Waals surface area contributed by atoms with Crippen molar-refractivity contribution in [2.75, 3.05) is 6.54 Å². The zero-order chi connectivity index (χ0) is 14.8. The molecule has 0 radical (unpaired) electrons. The number of Topliss-reactive ketones (excluding diaryl/α,β-unsaturated/α-hetero) is 1. The summed E-state index contributed by atoms with van der Waals surface area (Å²) >= 11 is 0. The molecule has 0 spiro atoms. The molecular weight excluding hydrogens is 262 g/mol. The van der Waals surface area contributed by atoms with Gasteiger partial charge >= 0.3 is 0 Å². The van der Waals surface area contributed by atoms with E-state index in [2.05, 4.69) is 29.2 Å². The number of hydrogen-bond donors (Lipinski definition) is 1. The number of fused-ring (bicyclic) bond motifs is 1. The Balaban J connectivity index is 1.79. The molecule has 2 aromatic carbocycles. The molecule has 2 aromatic rings. The molecule has 1 N–H and O–H groups in total. The fraction of sp³-hybridized carbons (Fsp3) is 0.278. The maximum Gasteiger partial charge on any atom is 0.159 e. The summed E-state index contributed by atoms with van der Waals surface area (Å²) in [6, 6.07) is 13.6. The van der Waals surface area contributed by atoms with Crippen LogP contribution >= 0.6 is 0 Å². The third kappa shape index (κ3) is 2.98. The summed E-state index contributed by atoms with van der Waals surface area (Å²) in [6.07, 6.45) is 1.03. The second-order valence-electron chi connectivity index (χ2n) is 5.63. The number of nitrogens with zero attached hydrogens (tertiary/aromatic N) is 1. The lowest BCUT2D eigenvalue weighted by atomic mass is 9.99. The highest BCUT2D eigenvalue weighted by molar-refractivity contribution is 5.94. The van der Waals surface area contributed by atoms with E-state index in [0.29, 0.717) is 12.1 Å². The average Bonchev–Trinajstić information content (AvgIpc) is 2.49. The van der Waals surface area contributed by atoms with Gasteiger partial charge in [-0.25, -0.2) is 0 Å². The van der Waals surface area contributed by atoms with Crippen molar-refractivity contribution >= 4 is 5.78 Å². The molecule has 0 saturated carbocycles. The van der Waals surface area contributed by atoms with Gasteiger partial charge < -0.3 is 5.11 Å². The van der Waals surface area contributed by atoms with Gasteiger partial charge in [-0.3, -0.25) is 9.69 Å². The summed E-state index contributed by atoms with van der Waals surface area (Å²) in [5, 5.41) is 10.0. The van der Waals surface area contributed by atoms with E-state index in [1.165, 1.54) is 11.1 Å². The van der Waals surface area contributed by atoms with Crippen LogP contribution in [0.4, 0.5) is 0 Å². The first kappa shape index (κ1) is 13.8. The molecule has 3 rings (SSSR count). The highest BCUT2D eigenvalue weighted by Gasteiger charge is 2.17. The summed E-state index contributed by atoms with van der Waals surface area (Å²) in [7, 11) is 0. The van der Waals surface area contributed by atoms with Gasteiger partial charge in [-0.1, -0.05) is 24.3 Å². The number of aromatic hydroxyl groups is 1. The summed E-state index contributed by atoms with van der Waals surface area (Å²) in [5.74, 6) is 0.291. The first-order valence-corrected chi connectivity index (χ1v) is 7.25. The van der Waals surface area contributed by atoms with Crippen LogP contribution < -0.4 is 0 Å². The van der Waals surface area contributed by atoms with Crippen molar-refractivity contribution in [3.8, 4) is 5.75 Å². The Hall–Kier alpha value is -2.13. The SMILES string of the molecule is CC(=O)c1ccc(O)c(CN2CCc3ccccc3C2)c1. The van der Waals surface area contributed by atoms with E-state index in [4.69, 9.17) is 0 Å². The van der Waals surface area contributed by atoms with E-state index >= 15 is 0 Å². The molecule has 0 amide bonds. The minimum absolute atomic E-state index is 0.0280. The maximum atomic E-state index is 11.5. The zero-order valence-electron chi connectivity index (χ0n) is 12.2. The van der Waals surface area contributed by atoms with Crippen LogP contribution in [-0.4, -0.2) is 22.3 Å². The molecule has 1 heterocycles. The Kier molecular flexibility index (Phi) is 3.76. The first-order valence-electron chi connectivity index (χ1n) is 7.25. The van der Waals surface area contributed by atoms with Gasteiger partial charge in [0.2, 0.25) is 0 Å². The monoisotopic (exact) mass is 281 g/mol. The molecule has 0 fully saturated rings. The molecule has 108 valence electrons. The van der Waals surface area contributed by atoms with Crippen LogP contribution in [0, 0.1) is 0 Å². The Bertz CT molecular complexity index is 679. The third-order valence-electron chi connectivity index (χ3n) is 4.09. The zero-order valence-corrected chi connectivity index (χ0v) is 12.2. The molecule has 0 unspecified atom stereocenters. The molecule has 0 atom stereocenters. The summed E-state index contributed by atoms with van der Waals surface area (Å²) in [6.45, 7) is 4.08. The van der Waals surface area contributed by atoms with E-state index in [0.717, 1.165) is 25.1 Å². The fourth-order valence-electron chi connectivity index (χ4n) is 2.86. The highest BCUT2D eigenvalue weighted by Crippen LogP contribution is 2.24. The number of phenolic OH excluding ortho intramolecular Hbond substituents is 1. The van der Waals surface area contributed by atoms with Gasteiger partial charge in [-0.05, 0) is 42.7 Å². The van der Waals surface area contributed by atoms with Crippen molar-refractivity contribution in [2.24, 2.45) is 0 Å². The standard InChI is InChI=1S/C18H19NO2/c1-13(20)15-6-7-18(21)17(10-15)12-19-9-8-14-4-2-3-5-16(14)11-19/h2-7,10,21H,8-9,11-12H2,1H3. The Morgan fingerprint density at radius 3 is 2.71 bits per heavy atom. The van der Waals surface area contributed by atoms with Crippen LogP contribution in [0.25, 0.3) is 0 Å². The van der Waals surface area contributed by atoms with Crippen molar-refractivity contribution in [3.05, 3.63) is 64.7 Å². The van der Waals surface area contributed by atoms with Crippen LogP contribution in [0.2, 0.25) is 0 Å². The van der Waals surface area contributed by atoms with Gasteiger partial charge in [0.05, 0.1) is 0 Å². The number of phenols is 1. The lowest BCUT2D eigenvalue weighted by Crippen LogP contribution is -2.30. The molecule has 0 aromatic heterocycles. The molecule has 1 aliphatic rings. The van der Waals surface area contributed by atoms with E-state index in [1.807, 2.05) is 0 Å². The van der Waals surface area contributed by atoms with Crippen LogP contribution in [0.1, 0.15) is 34.0 Å². The summed E-state index contributed by atoms with van der Waals surface area (Å²) in [4.78, 5) is 13.8. The lowest BCUT2D eigenvalue weighted by Gasteiger charge is -2.29. The van der Waals surface area contributed by atoms with E-state index in [1.54, 1.807) is 25.1 Å². The van der Waals surface area contributed by atoms with E-state index in [9.17, 15) is 9.90 Å². The predicted molar refractivity (Wildman–Crippen MR) is 82.4 cm³/mol. The highest BCUT2D eigenvalue weighted by atomic mass is 16.3. The van der Waals surface area contributed by atoms with E-state index in [-0.39, 0.29) is 11.5 Å². The van der Waals surface area contributed by atoms with Crippen LogP contribution in [0.15, 0.2) is 42.5 Å². The summed E-state index contributed by atoms with van der Waals surface area (Å²) < 4.78 is 0. The second kappa shape index (κ2) is 5.70. The van der Waals surface area contributed by atoms with Gasteiger partial charge in [0, 0.05) is 30.8 Å². The maximum absolute atomic E-state index is 11.5. The molecule has 0 aliphatic carbocycles. The van der Waals surface area contributed by atoms with Crippen molar-refractivity contribution in [1.29, 1.82) is 0 Å². The van der Waals surface area contributed by atoms with Crippen molar-refractivity contribution in [1.82, 2.24) is 4.90 Å². The van der Waals surface area contributed by atoms with Crippen LogP contribution in [0.5, 0.6) is 5.75 Å². The topological polar surface area (TPSA) is 40.5 Å². The average molecular weight is 281 g/mol. The molecule has 0 bridgehead atoms. The first-order chi connectivity index (χ1) is 10.1. The van der Waals surface area contributed by atoms with Gasteiger partial charge in [0.1, 0.15) is 5.75 Å². The second-order valence-corrected chi connectivity index (χ2v) is 5.63. The van der Waals surface area contributed by atoms with Crippen molar-refractivity contribution < 1.29 is 9.90 Å². The van der Waals surface area contributed by atoms with Gasteiger partial charge in [0.15, 0.2) is 5.78 Å². The van der Waals surface area contributed by atoms with Crippen molar-refractivity contribution in [3.63, 3.8) is 0 Å². The Morgan fingerprint density at radius 1 is 1.19 bits per heavy atom. The Labute approximate surface area is 124 Å². The lowest BCUT2D eigenvalue weighted by molar-refractivity contribution is 0.101. The summed E-state index contributed by atoms with van der Waals surface area (Å²) in [5.41, 5.74) is 4.24. The predicted octanol–water partition coefficient (Wildman–Crippen LogP) is 3.15. The third-order valence-corrected chi connectivity index (χ3v) is 4.09. The molecule has 3 heteroatoms. The normalized spacial score (nSPS) is 14.7. The van der Waals surface area contributed by atoms with Gasteiger partial charge in [-0.2, -0.15) is 0 Å². The van der Waals surface area contributed by atoms with Crippen molar-refractivity contribution in [2.45, 2.75) is 26.4 Å². The number of carbonyl (C=O) groups excluding carboxylic acids is 1. The van der Waals surface area contributed by atoms with Gasteiger partial charge in [0.25, 0.3) is 0 Å². The number of ketones is 1. The van der Waals surface area contributed by atoms with E-state index < -0.39 is 0 Å². The Morgan fingerprint density at radius 2 is 1.95 bits per heavy atom. The number of carbonyl (C=O) groups is 1. The number of hydrogen-bond acceptors (Lipinski definition) is 3. The number of rotatable bonds is 3. The molecule has 1 aliphatic heterocycles.